The minimum atomic E-state index is -0.392. The Morgan fingerprint density at radius 3 is 2.83 bits per heavy atom. The Kier molecular flexibility index (Phi) is 3.73. The van der Waals surface area contributed by atoms with Crippen molar-refractivity contribution in [3.63, 3.8) is 0 Å². The molecule has 0 radical (unpaired) electrons. The summed E-state index contributed by atoms with van der Waals surface area (Å²) in [5.74, 6) is 0.623. The lowest BCUT2D eigenvalue weighted by molar-refractivity contribution is 0.250. The van der Waals surface area contributed by atoms with Gasteiger partial charge in [-0.2, -0.15) is 5.26 Å². The Labute approximate surface area is 110 Å². The number of likely N-dealkylation sites (tertiary alicyclic amines) is 1. The molecule has 1 aliphatic heterocycles. The van der Waals surface area contributed by atoms with Crippen LogP contribution in [0.4, 0.5) is 0 Å². The summed E-state index contributed by atoms with van der Waals surface area (Å²) in [5.41, 5.74) is 2.13. The molecular weight excluding hydrogens is 220 g/mol. The second kappa shape index (κ2) is 5.12. The van der Waals surface area contributed by atoms with Gasteiger partial charge in [-0.3, -0.25) is 0 Å². The Bertz CT molecular complexity index is 456. The quantitative estimate of drug-likeness (QED) is 0.795. The fourth-order valence-corrected chi connectivity index (χ4v) is 2.68. The van der Waals surface area contributed by atoms with Gasteiger partial charge < -0.3 is 4.90 Å². The van der Waals surface area contributed by atoms with Gasteiger partial charge >= 0.3 is 0 Å². The highest BCUT2D eigenvalue weighted by Gasteiger charge is 2.23. The number of piperidine rings is 1. The third kappa shape index (κ3) is 2.73. The normalized spacial score (nSPS) is 21.6. The van der Waals surface area contributed by atoms with Gasteiger partial charge in [-0.15, -0.1) is 0 Å². The van der Waals surface area contributed by atoms with Gasteiger partial charge in [0.25, 0.3) is 0 Å². The van der Waals surface area contributed by atoms with E-state index in [1.165, 1.54) is 24.9 Å². The van der Waals surface area contributed by atoms with E-state index >= 15 is 0 Å². The number of hydrogen-bond acceptors (Lipinski definition) is 2. The summed E-state index contributed by atoms with van der Waals surface area (Å²) in [5, 5.41) is 9.23. The van der Waals surface area contributed by atoms with Gasteiger partial charge in [-0.05, 0) is 57.3 Å². The largest absolute Gasteiger partial charge is 0.306 e. The zero-order valence-corrected chi connectivity index (χ0v) is 11.6. The lowest BCUT2D eigenvalue weighted by Gasteiger charge is -2.30. The van der Waals surface area contributed by atoms with E-state index in [0.29, 0.717) is 5.92 Å². The van der Waals surface area contributed by atoms with Gasteiger partial charge in [0.2, 0.25) is 0 Å². The van der Waals surface area contributed by atoms with Crippen LogP contribution in [0.1, 0.15) is 43.7 Å². The molecule has 1 unspecified atom stereocenters. The maximum atomic E-state index is 9.23. The van der Waals surface area contributed by atoms with Gasteiger partial charge in [0.15, 0.2) is 0 Å². The molecule has 0 aromatic heterocycles. The molecule has 1 saturated heterocycles. The summed E-state index contributed by atoms with van der Waals surface area (Å²) in [4.78, 5) is 2.40. The predicted octanol–water partition coefficient (Wildman–Crippen LogP) is 3.30. The van der Waals surface area contributed by atoms with Crippen molar-refractivity contribution in [2.24, 2.45) is 0 Å². The van der Waals surface area contributed by atoms with Crippen LogP contribution < -0.4 is 0 Å². The van der Waals surface area contributed by atoms with Gasteiger partial charge in [-0.25, -0.2) is 0 Å². The Balaban J connectivity index is 2.25. The number of benzene rings is 1. The molecule has 0 N–H and O–H groups in total. The minimum Gasteiger partial charge on any atom is -0.306 e. The molecule has 1 aliphatic rings. The van der Waals surface area contributed by atoms with Gasteiger partial charge in [0, 0.05) is 6.54 Å². The second-order valence-corrected chi connectivity index (χ2v) is 5.96. The highest BCUT2D eigenvalue weighted by atomic mass is 15.1. The lowest BCUT2D eigenvalue weighted by atomic mass is 9.82. The summed E-state index contributed by atoms with van der Waals surface area (Å²) in [7, 11) is 2.19. The van der Waals surface area contributed by atoms with Crippen molar-refractivity contribution < 1.29 is 0 Å². The van der Waals surface area contributed by atoms with E-state index in [4.69, 9.17) is 0 Å². The van der Waals surface area contributed by atoms with Crippen molar-refractivity contribution >= 4 is 0 Å². The van der Waals surface area contributed by atoms with Crippen molar-refractivity contribution in [3.05, 3.63) is 35.4 Å². The van der Waals surface area contributed by atoms with Crippen LogP contribution >= 0.6 is 0 Å². The highest BCUT2D eigenvalue weighted by Crippen LogP contribution is 2.30. The molecule has 2 heteroatoms. The molecule has 0 spiro atoms. The molecule has 96 valence electrons. The first-order valence-electron chi connectivity index (χ1n) is 6.73. The van der Waals surface area contributed by atoms with E-state index in [1.807, 2.05) is 13.8 Å². The number of hydrogen-bond donors (Lipinski definition) is 0. The Morgan fingerprint density at radius 1 is 1.39 bits per heavy atom. The molecule has 1 aromatic carbocycles. The summed E-state index contributed by atoms with van der Waals surface area (Å²) in [6.45, 7) is 6.31. The molecule has 1 heterocycles. The van der Waals surface area contributed by atoms with E-state index in [2.05, 4.69) is 42.3 Å². The van der Waals surface area contributed by atoms with Crippen molar-refractivity contribution in [2.75, 3.05) is 20.1 Å². The van der Waals surface area contributed by atoms with E-state index in [0.717, 1.165) is 12.1 Å². The van der Waals surface area contributed by atoms with Gasteiger partial charge in [0.1, 0.15) is 0 Å². The number of likely N-dealkylation sites (N-methyl/N-ethyl adjacent to an activating group) is 1. The van der Waals surface area contributed by atoms with Crippen LogP contribution in [0.2, 0.25) is 0 Å². The SMILES string of the molecule is CN1CCCC(c2cccc(C(C)(C)C#N)c2)C1. The molecule has 1 fully saturated rings. The topological polar surface area (TPSA) is 27.0 Å². The van der Waals surface area contributed by atoms with Crippen molar-refractivity contribution in [1.82, 2.24) is 4.90 Å². The zero-order chi connectivity index (χ0) is 13.2. The van der Waals surface area contributed by atoms with Crippen LogP contribution in [0.25, 0.3) is 0 Å². The molecule has 2 rings (SSSR count). The van der Waals surface area contributed by atoms with Crippen LogP contribution in [-0.4, -0.2) is 25.0 Å². The first-order chi connectivity index (χ1) is 8.53. The fourth-order valence-electron chi connectivity index (χ4n) is 2.68. The molecule has 0 bridgehead atoms. The predicted molar refractivity (Wildman–Crippen MR) is 74.6 cm³/mol. The lowest BCUT2D eigenvalue weighted by Crippen LogP contribution is -2.31. The maximum Gasteiger partial charge on any atom is 0.0766 e. The average molecular weight is 242 g/mol. The summed E-state index contributed by atoms with van der Waals surface area (Å²) in [6, 6.07) is 11.0. The number of nitriles is 1. The van der Waals surface area contributed by atoms with Crippen molar-refractivity contribution in [2.45, 2.75) is 38.0 Å². The number of rotatable bonds is 2. The summed E-state index contributed by atoms with van der Waals surface area (Å²) >= 11 is 0. The van der Waals surface area contributed by atoms with Crippen LogP contribution in [0.3, 0.4) is 0 Å². The third-order valence-electron chi connectivity index (χ3n) is 3.98. The molecule has 1 atom stereocenters. The smallest absolute Gasteiger partial charge is 0.0766 e. The summed E-state index contributed by atoms with van der Waals surface area (Å²) in [6.07, 6.45) is 2.54. The van der Waals surface area contributed by atoms with E-state index in [-0.39, 0.29) is 0 Å². The van der Waals surface area contributed by atoms with E-state index in [1.54, 1.807) is 0 Å². The van der Waals surface area contributed by atoms with Gasteiger partial charge in [-0.1, -0.05) is 24.3 Å². The zero-order valence-electron chi connectivity index (χ0n) is 11.6. The standard InChI is InChI=1S/C16H22N2/c1-16(2,12-17)15-8-4-6-13(10-15)14-7-5-9-18(3)11-14/h4,6,8,10,14H,5,7,9,11H2,1-3H3. The van der Waals surface area contributed by atoms with Crippen molar-refractivity contribution in [1.29, 1.82) is 5.26 Å². The van der Waals surface area contributed by atoms with E-state index in [9.17, 15) is 5.26 Å². The maximum absolute atomic E-state index is 9.23. The highest BCUT2D eigenvalue weighted by molar-refractivity contribution is 5.35. The Morgan fingerprint density at radius 2 is 2.17 bits per heavy atom. The molecule has 0 aliphatic carbocycles. The molecule has 18 heavy (non-hydrogen) atoms. The molecule has 2 nitrogen and oxygen atoms in total. The summed E-state index contributed by atoms with van der Waals surface area (Å²) < 4.78 is 0. The molecule has 0 saturated carbocycles. The first-order valence-corrected chi connectivity index (χ1v) is 6.73. The molecule has 1 aromatic rings. The van der Waals surface area contributed by atoms with E-state index < -0.39 is 5.41 Å². The van der Waals surface area contributed by atoms with Crippen LogP contribution in [0, 0.1) is 11.3 Å². The molecular formula is C16H22N2. The first kappa shape index (κ1) is 13.1. The fraction of sp³-hybridized carbons (Fsp3) is 0.562. The second-order valence-electron chi connectivity index (χ2n) is 5.96. The van der Waals surface area contributed by atoms with Crippen molar-refractivity contribution in [3.8, 4) is 6.07 Å². The van der Waals surface area contributed by atoms with Crippen LogP contribution in [0.15, 0.2) is 24.3 Å². The number of nitrogens with zero attached hydrogens (tertiary/aromatic N) is 2. The average Bonchev–Trinajstić information content (AvgIpc) is 2.39. The monoisotopic (exact) mass is 242 g/mol. The van der Waals surface area contributed by atoms with Crippen LogP contribution in [-0.2, 0) is 5.41 Å². The van der Waals surface area contributed by atoms with Crippen LogP contribution in [0.5, 0.6) is 0 Å². The minimum absolute atomic E-state index is 0.392. The molecule has 0 amide bonds. The Hall–Kier alpha value is -1.33. The van der Waals surface area contributed by atoms with Gasteiger partial charge in [0.05, 0.1) is 11.5 Å². The third-order valence-corrected chi connectivity index (χ3v) is 3.98.